The Morgan fingerprint density at radius 3 is 2.40 bits per heavy atom. The standard InChI is InChI=1S/C28H26N4O3/c1-17(29)25(18(2)33)20-13-24-26(31-14-20)23(16-32(24)15-22-5-3-4-12-30-22)19-6-8-21(9-7-19)28(10-11-28)27(34)35/h3-9,12-14,16,29,33H,10-11,15H2,1-2H3,(H,34,35)/b25-18+,29-17?. The second-order valence-corrected chi connectivity index (χ2v) is 9.13. The second kappa shape index (κ2) is 8.51. The van der Waals surface area contributed by atoms with Gasteiger partial charge in [0.25, 0.3) is 0 Å². The van der Waals surface area contributed by atoms with Crippen LogP contribution in [0.4, 0.5) is 0 Å². The van der Waals surface area contributed by atoms with E-state index in [9.17, 15) is 15.0 Å². The van der Waals surface area contributed by atoms with Crippen LogP contribution < -0.4 is 0 Å². The van der Waals surface area contributed by atoms with Gasteiger partial charge in [-0.25, -0.2) is 0 Å². The van der Waals surface area contributed by atoms with Gasteiger partial charge in [-0.1, -0.05) is 30.3 Å². The fraction of sp³-hybridized carbons (Fsp3) is 0.214. The molecule has 0 amide bonds. The summed E-state index contributed by atoms with van der Waals surface area (Å²) in [6, 6.07) is 15.5. The average Bonchev–Trinajstić information content (AvgIpc) is 3.58. The van der Waals surface area contributed by atoms with Crippen LogP contribution >= 0.6 is 0 Å². The highest BCUT2D eigenvalue weighted by molar-refractivity contribution is 6.22. The molecule has 1 aliphatic carbocycles. The number of benzene rings is 1. The Kier molecular flexibility index (Phi) is 5.47. The van der Waals surface area contributed by atoms with Crippen molar-refractivity contribution in [1.29, 1.82) is 5.41 Å². The predicted octanol–water partition coefficient (Wildman–Crippen LogP) is 5.59. The Morgan fingerprint density at radius 2 is 1.83 bits per heavy atom. The Hall–Kier alpha value is -4.26. The highest BCUT2D eigenvalue weighted by atomic mass is 16.4. The van der Waals surface area contributed by atoms with Crippen LogP contribution in [0.2, 0.25) is 0 Å². The van der Waals surface area contributed by atoms with Gasteiger partial charge in [0.15, 0.2) is 0 Å². The van der Waals surface area contributed by atoms with Crippen molar-refractivity contribution >= 4 is 28.3 Å². The van der Waals surface area contributed by atoms with Crippen molar-refractivity contribution < 1.29 is 15.0 Å². The number of aromatic nitrogens is 3. The summed E-state index contributed by atoms with van der Waals surface area (Å²) in [5, 5.41) is 27.9. The molecule has 0 spiro atoms. The number of hydrogen-bond donors (Lipinski definition) is 3. The van der Waals surface area contributed by atoms with Crippen molar-refractivity contribution in [3.63, 3.8) is 0 Å². The van der Waals surface area contributed by atoms with Crippen molar-refractivity contribution in [3.05, 3.63) is 89.7 Å². The van der Waals surface area contributed by atoms with E-state index in [4.69, 9.17) is 10.4 Å². The first-order valence-corrected chi connectivity index (χ1v) is 11.5. The SMILES string of the molecule is CC(=N)/C(=C(/C)O)c1cnc2c(-c3ccc(C4(C(=O)O)CC4)cc3)cn(Cc3ccccn3)c2c1. The third kappa shape index (κ3) is 3.99. The van der Waals surface area contributed by atoms with Crippen LogP contribution in [-0.2, 0) is 16.8 Å². The van der Waals surface area contributed by atoms with E-state index in [1.807, 2.05) is 54.7 Å². The molecule has 176 valence electrons. The third-order valence-corrected chi connectivity index (χ3v) is 6.71. The van der Waals surface area contributed by atoms with E-state index in [0.717, 1.165) is 33.4 Å². The minimum Gasteiger partial charge on any atom is -0.512 e. The molecule has 0 unspecified atom stereocenters. The molecule has 3 aromatic heterocycles. The van der Waals surface area contributed by atoms with E-state index >= 15 is 0 Å². The number of carboxylic acids is 1. The molecular weight excluding hydrogens is 440 g/mol. The first-order valence-electron chi connectivity index (χ1n) is 11.5. The van der Waals surface area contributed by atoms with Crippen LogP contribution in [0.5, 0.6) is 0 Å². The van der Waals surface area contributed by atoms with Crippen molar-refractivity contribution in [3.8, 4) is 11.1 Å². The lowest BCUT2D eigenvalue weighted by Gasteiger charge is -2.11. The zero-order valence-electron chi connectivity index (χ0n) is 19.6. The lowest BCUT2D eigenvalue weighted by Crippen LogP contribution is -2.19. The van der Waals surface area contributed by atoms with Crippen LogP contribution in [0, 0.1) is 5.41 Å². The monoisotopic (exact) mass is 466 g/mol. The number of nitrogens with zero attached hydrogens (tertiary/aromatic N) is 3. The number of aliphatic hydroxyl groups is 1. The van der Waals surface area contributed by atoms with Crippen LogP contribution in [0.15, 0.2) is 72.9 Å². The van der Waals surface area contributed by atoms with E-state index in [1.165, 1.54) is 0 Å². The molecule has 1 aromatic carbocycles. The molecule has 0 saturated heterocycles. The van der Waals surface area contributed by atoms with Crippen molar-refractivity contribution in [2.75, 3.05) is 0 Å². The molecule has 3 heterocycles. The number of aliphatic carboxylic acids is 1. The highest BCUT2D eigenvalue weighted by Gasteiger charge is 2.51. The first-order chi connectivity index (χ1) is 16.8. The molecule has 35 heavy (non-hydrogen) atoms. The molecule has 3 N–H and O–H groups in total. The molecule has 0 aliphatic heterocycles. The van der Waals surface area contributed by atoms with E-state index in [-0.39, 0.29) is 11.5 Å². The summed E-state index contributed by atoms with van der Waals surface area (Å²) in [6.07, 6.45) is 6.81. The van der Waals surface area contributed by atoms with Gasteiger partial charge in [-0.3, -0.25) is 14.8 Å². The molecular formula is C28H26N4O3. The fourth-order valence-electron chi connectivity index (χ4n) is 4.73. The molecule has 4 aromatic rings. The summed E-state index contributed by atoms with van der Waals surface area (Å²) >= 11 is 0. The predicted molar refractivity (Wildman–Crippen MR) is 136 cm³/mol. The number of rotatable bonds is 7. The fourth-order valence-corrected chi connectivity index (χ4v) is 4.73. The van der Waals surface area contributed by atoms with E-state index in [1.54, 1.807) is 26.2 Å². The third-order valence-electron chi connectivity index (χ3n) is 6.71. The van der Waals surface area contributed by atoms with Gasteiger partial charge in [0.2, 0.25) is 0 Å². The van der Waals surface area contributed by atoms with Gasteiger partial charge in [-0.15, -0.1) is 0 Å². The van der Waals surface area contributed by atoms with Crippen LogP contribution in [0.1, 0.15) is 43.5 Å². The van der Waals surface area contributed by atoms with Gasteiger partial charge >= 0.3 is 5.97 Å². The highest BCUT2D eigenvalue weighted by Crippen LogP contribution is 2.48. The molecule has 1 fully saturated rings. The minimum atomic E-state index is -0.768. The maximum absolute atomic E-state index is 11.7. The summed E-state index contributed by atoms with van der Waals surface area (Å²) in [4.78, 5) is 20.9. The number of hydrogen-bond acceptors (Lipinski definition) is 5. The lowest BCUT2D eigenvalue weighted by molar-refractivity contribution is -0.140. The number of fused-ring (bicyclic) bond motifs is 1. The summed E-state index contributed by atoms with van der Waals surface area (Å²) in [5.74, 6) is -0.694. The van der Waals surface area contributed by atoms with Gasteiger partial charge in [-0.2, -0.15) is 0 Å². The maximum Gasteiger partial charge on any atom is 0.314 e. The van der Waals surface area contributed by atoms with Crippen LogP contribution in [-0.4, -0.2) is 36.4 Å². The largest absolute Gasteiger partial charge is 0.512 e. The zero-order valence-corrected chi connectivity index (χ0v) is 19.6. The Morgan fingerprint density at radius 1 is 1.09 bits per heavy atom. The summed E-state index contributed by atoms with van der Waals surface area (Å²) in [7, 11) is 0. The summed E-state index contributed by atoms with van der Waals surface area (Å²) < 4.78 is 2.07. The number of pyridine rings is 2. The van der Waals surface area contributed by atoms with Gasteiger partial charge in [-0.05, 0) is 56.0 Å². The Bertz CT molecular complexity index is 1480. The second-order valence-electron chi connectivity index (χ2n) is 9.13. The van der Waals surface area contributed by atoms with Gasteiger partial charge in [0.1, 0.15) is 0 Å². The molecule has 0 bridgehead atoms. The van der Waals surface area contributed by atoms with E-state index < -0.39 is 11.4 Å². The first kappa shape index (κ1) is 22.5. The molecule has 5 rings (SSSR count). The van der Waals surface area contributed by atoms with E-state index in [2.05, 4.69) is 9.55 Å². The Balaban J connectivity index is 1.63. The normalized spacial score (nSPS) is 15.0. The average molecular weight is 467 g/mol. The molecule has 0 atom stereocenters. The smallest absolute Gasteiger partial charge is 0.314 e. The minimum absolute atomic E-state index is 0.0738. The number of carboxylic acid groups (broad SMARTS) is 1. The molecule has 1 aliphatic rings. The van der Waals surface area contributed by atoms with E-state index in [0.29, 0.717) is 30.5 Å². The number of aliphatic hydroxyl groups excluding tert-OH is 1. The van der Waals surface area contributed by atoms with Gasteiger partial charge < -0.3 is 20.2 Å². The van der Waals surface area contributed by atoms with Gasteiger partial charge in [0.05, 0.1) is 34.4 Å². The van der Waals surface area contributed by atoms with Crippen molar-refractivity contribution in [2.24, 2.45) is 0 Å². The number of nitrogens with one attached hydrogen (secondary N) is 1. The summed E-state index contributed by atoms with van der Waals surface area (Å²) in [6.45, 7) is 3.74. The molecule has 7 heteroatoms. The summed E-state index contributed by atoms with van der Waals surface area (Å²) in [5.41, 5.74) is 5.88. The maximum atomic E-state index is 11.7. The van der Waals surface area contributed by atoms with Crippen LogP contribution in [0.25, 0.3) is 27.7 Å². The topological polar surface area (TPSA) is 112 Å². The molecule has 1 saturated carbocycles. The van der Waals surface area contributed by atoms with Crippen LogP contribution in [0.3, 0.4) is 0 Å². The number of carbonyl (C=O) groups is 1. The lowest BCUT2D eigenvalue weighted by atomic mass is 9.94. The van der Waals surface area contributed by atoms with Crippen molar-refractivity contribution in [1.82, 2.24) is 14.5 Å². The molecule has 0 radical (unpaired) electrons. The van der Waals surface area contributed by atoms with Crippen molar-refractivity contribution in [2.45, 2.75) is 38.6 Å². The number of allylic oxidation sites excluding steroid dienone is 2. The quantitative estimate of drug-likeness (QED) is 0.243. The van der Waals surface area contributed by atoms with Gasteiger partial charge in [0, 0.05) is 41.0 Å². The zero-order chi connectivity index (χ0) is 24.7. The molecule has 7 nitrogen and oxygen atoms in total. The Labute approximate surface area is 202 Å².